The van der Waals surface area contributed by atoms with E-state index in [1.165, 1.54) is 32.1 Å². The van der Waals surface area contributed by atoms with Crippen LogP contribution in [0, 0.1) is 23.7 Å². The van der Waals surface area contributed by atoms with Gasteiger partial charge in [0.2, 0.25) is 0 Å². The van der Waals surface area contributed by atoms with E-state index in [9.17, 15) is 5.11 Å². The van der Waals surface area contributed by atoms with E-state index in [0.717, 1.165) is 18.3 Å². The monoisotopic (exact) mass is 210 g/mol. The van der Waals surface area contributed by atoms with E-state index in [2.05, 4.69) is 20.8 Å². The van der Waals surface area contributed by atoms with Gasteiger partial charge in [0.15, 0.2) is 0 Å². The summed E-state index contributed by atoms with van der Waals surface area (Å²) >= 11 is 0. The molecule has 0 aromatic rings. The van der Waals surface area contributed by atoms with Crippen LogP contribution in [-0.2, 0) is 0 Å². The van der Waals surface area contributed by atoms with Crippen molar-refractivity contribution in [1.82, 2.24) is 0 Å². The summed E-state index contributed by atoms with van der Waals surface area (Å²) in [5.41, 5.74) is -0.317. The van der Waals surface area contributed by atoms with Crippen molar-refractivity contribution in [2.45, 2.75) is 64.9 Å². The first-order chi connectivity index (χ1) is 7.06. The Balaban J connectivity index is 2.06. The molecule has 15 heavy (non-hydrogen) atoms. The molecule has 0 amide bonds. The van der Waals surface area contributed by atoms with Crippen LogP contribution in [0.4, 0.5) is 0 Å². The zero-order valence-electron chi connectivity index (χ0n) is 10.5. The second-order valence-corrected chi connectivity index (χ2v) is 6.23. The molecule has 2 rings (SSSR count). The SMILES string of the molecule is CCC(O)(C1CC1)C1CC(C)CC(C)C1. The third-order valence-electron chi connectivity index (χ3n) is 4.74. The van der Waals surface area contributed by atoms with Gasteiger partial charge in [-0.15, -0.1) is 0 Å². The molecule has 2 aliphatic carbocycles. The molecule has 3 atom stereocenters. The first-order valence-electron chi connectivity index (χ1n) is 6.78. The van der Waals surface area contributed by atoms with Crippen molar-refractivity contribution in [3.8, 4) is 0 Å². The minimum atomic E-state index is -0.317. The molecule has 1 N–H and O–H groups in total. The summed E-state index contributed by atoms with van der Waals surface area (Å²) in [6.45, 7) is 6.87. The fourth-order valence-corrected chi connectivity index (χ4v) is 3.85. The van der Waals surface area contributed by atoms with Crippen LogP contribution in [-0.4, -0.2) is 10.7 Å². The van der Waals surface area contributed by atoms with E-state index in [1.54, 1.807) is 0 Å². The third kappa shape index (κ3) is 2.22. The minimum absolute atomic E-state index is 0.317. The summed E-state index contributed by atoms with van der Waals surface area (Å²) < 4.78 is 0. The van der Waals surface area contributed by atoms with Crippen LogP contribution in [0.2, 0.25) is 0 Å². The van der Waals surface area contributed by atoms with E-state index < -0.39 is 0 Å². The largest absolute Gasteiger partial charge is 0.389 e. The van der Waals surface area contributed by atoms with Gasteiger partial charge in [0.1, 0.15) is 0 Å². The lowest BCUT2D eigenvalue weighted by atomic mass is 9.67. The summed E-state index contributed by atoms with van der Waals surface area (Å²) in [4.78, 5) is 0. The second kappa shape index (κ2) is 4.08. The molecule has 1 nitrogen and oxygen atoms in total. The molecule has 2 fully saturated rings. The van der Waals surface area contributed by atoms with Crippen molar-refractivity contribution in [1.29, 1.82) is 0 Å². The van der Waals surface area contributed by atoms with Crippen molar-refractivity contribution >= 4 is 0 Å². The van der Waals surface area contributed by atoms with Crippen LogP contribution in [0.3, 0.4) is 0 Å². The molecular weight excluding hydrogens is 184 g/mol. The quantitative estimate of drug-likeness (QED) is 0.754. The molecule has 3 unspecified atom stereocenters. The standard InChI is InChI=1S/C14H26O/c1-4-14(15,12-5-6-12)13-8-10(2)7-11(3)9-13/h10-13,15H,4-9H2,1-3H3. The maximum Gasteiger partial charge on any atom is 0.0701 e. The maximum absolute atomic E-state index is 10.8. The Morgan fingerprint density at radius 2 is 1.53 bits per heavy atom. The summed E-state index contributed by atoms with van der Waals surface area (Å²) in [5.74, 6) is 2.84. The van der Waals surface area contributed by atoms with Gasteiger partial charge in [-0.1, -0.05) is 20.8 Å². The molecule has 0 aromatic carbocycles. The lowest BCUT2D eigenvalue weighted by Crippen LogP contribution is -2.43. The number of hydrogen-bond acceptors (Lipinski definition) is 1. The molecular formula is C14H26O. The highest BCUT2D eigenvalue weighted by Gasteiger charge is 2.49. The molecule has 0 saturated heterocycles. The van der Waals surface area contributed by atoms with Gasteiger partial charge in [-0.25, -0.2) is 0 Å². The van der Waals surface area contributed by atoms with Crippen LogP contribution in [0.25, 0.3) is 0 Å². The molecule has 0 heterocycles. The smallest absolute Gasteiger partial charge is 0.0701 e. The van der Waals surface area contributed by atoms with Crippen molar-refractivity contribution in [3.05, 3.63) is 0 Å². The van der Waals surface area contributed by atoms with Gasteiger partial charge in [0.05, 0.1) is 5.60 Å². The Morgan fingerprint density at radius 1 is 1.00 bits per heavy atom. The van der Waals surface area contributed by atoms with Gasteiger partial charge in [0.25, 0.3) is 0 Å². The van der Waals surface area contributed by atoms with Crippen molar-refractivity contribution in [3.63, 3.8) is 0 Å². The van der Waals surface area contributed by atoms with Gasteiger partial charge >= 0.3 is 0 Å². The molecule has 0 aliphatic heterocycles. The summed E-state index contributed by atoms with van der Waals surface area (Å²) in [6.07, 6.45) is 7.37. The van der Waals surface area contributed by atoms with Gasteiger partial charge in [0, 0.05) is 0 Å². The maximum atomic E-state index is 10.8. The first-order valence-corrected chi connectivity index (χ1v) is 6.78. The van der Waals surface area contributed by atoms with E-state index in [0.29, 0.717) is 11.8 Å². The predicted molar refractivity (Wildman–Crippen MR) is 63.6 cm³/mol. The van der Waals surface area contributed by atoms with Gasteiger partial charge < -0.3 is 5.11 Å². The normalized spacial score (nSPS) is 41.2. The molecule has 88 valence electrons. The average molecular weight is 210 g/mol. The Labute approximate surface area is 94.3 Å². The van der Waals surface area contributed by atoms with Crippen LogP contribution in [0.15, 0.2) is 0 Å². The molecule has 0 spiro atoms. The Bertz CT molecular complexity index is 211. The highest BCUT2D eigenvalue weighted by atomic mass is 16.3. The average Bonchev–Trinajstić information content (AvgIpc) is 2.98. The van der Waals surface area contributed by atoms with E-state index in [-0.39, 0.29) is 5.60 Å². The van der Waals surface area contributed by atoms with E-state index in [1.807, 2.05) is 0 Å². The molecule has 2 aliphatic rings. The Morgan fingerprint density at radius 3 is 1.93 bits per heavy atom. The van der Waals surface area contributed by atoms with Crippen LogP contribution < -0.4 is 0 Å². The van der Waals surface area contributed by atoms with Crippen molar-refractivity contribution in [2.75, 3.05) is 0 Å². The fraction of sp³-hybridized carbons (Fsp3) is 1.00. The van der Waals surface area contributed by atoms with Gasteiger partial charge in [-0.05, 0) is 62.2 Å². The van der Waals surface area contributed by atoms with Crippen LogP contribution in [0.5, 0.6) is 0 Å². The topological polar surface area (TPSA) is 20.2 Å². The second-order valence-electron chi connectivity index (χ2n) is 6.23. The van der Waals surface area contributed by atoms with Crippen LogP contribution >= 0.6 is 0 Å². The highest BCUT2D eigenvalue weighted by molar-refractivity contribution is 5.00. The van der Waals surface area contributed by atoms with E-state index in [4.69, 9.17) is 0 Å². The number of aliphatic hydroxyl groups is 1. The van der Waals surface area contributed by atoms with E-state index >= 15 is 0 Å². The fourth-order valence-electron chi connectivity index (χ4n) is 3.85. The number of hydrogen-bond donors (Lipinski definition) is 1. The Hall–Kier alpha value is -0.0400. The van der Waals surface area contributed by atoms with Gasteiger partial charge in [-0.2, -0.15) is 0 Å². The Kier molecular flexibility index (Phi) is 3.12. The lowest BCUT2D eigenvalue weighted by Gasteiger charge is -2.42. The van der Waals surface area contributed by atoms with Crippen LogP contribution in [0.1, 0.15) is 59.3 Å². The molecule has 0 bridgehead atoms. The number of rotatable bonds is 3. The summed E-state index contributed by atoms with van der Waals surface area (Å²) in [5, 5.41) is 10.8. The summed E-state index contributed by atoms with van der Waals surface area (Å²) in [6, 6.07) is 0. The molecule has 2 saturated carbocycles. The minimum Gasteiger partial charge on any atom is -0.389 e. The molecule has 1 heteroatoms. The zero-order chi connectivity index (χ0) is 11.1. The summed E-state index contributed by atoms with van der Waals surface area (Å²) in [7, 11) is 0. The lowest BCUT2D eigenvalue weighted by molar-refractivity contribution is -0.0690. The van der Waals surface area contributed by atoms with Crippen molar-refractivity contribution in [2.24, 2.45) is 23.7 Å². The molecule has 0 aromatic heterocycles. The predicted octanol–water partition coefficient (Wildman–Crippen LogP) is 3.61. The van der Waals surface area contributed by atoms with Gasteiger partial charge in [-0.3, -0.25) is 0 Å². The highest BCUT2D eigenvalue weighted by Crippen LogP contribution is 2.50. The van der Waals surface area contributed by atoms with Crippen molar-refractivity contribution < 1.29 is 5.11 Å². The third-order valence-corrected chi connectivity index (χ3v) is 4.74. The zero-order valence-corrected chi connectivity index (χ0v) is 10.5. The molecule has 0 radical (unpaired) electrons. The first kappa shape index (κ1) is 11.4.